The van der Waals surface area contributed by atoms with Gasteiger partial charge in [0, 0.05) is 23.5 Å². The molecule has 0 bridgehead atoms. The Morgan fingerprint density at radius 3 is 2.80 bits per heavy atom. The fourth-order valence-corrected chi connectivity index (χ4v) is 1.36. The molecule has 0 aliphatic heterocycles. The smallest absolute Gasteiger partial charge is 0.220 e. The van der Waals surface area contributed by atoms with Crippen molar-refractivity contribution in [2.75, 3.05) is 5.73 Å². The van der Waals surface area contributed by atoms with Crippen LogP contribution in [0, 0.1) is 5.95 Å². The van der Waals surface area contributed by atoms with Gasteiger partial charge < -0.3 is 5.73 Å². The lowest BCUT2D eigenvalue weighted by Crippen LogP contribution is -1.93. The molecule has 0 atom stereocenters. The Balaban J connectivity index is 2.55. The van der Waals surface area contributed by atoms with Crippen LogP contribution >= 0.6 is 11.6 Å². The van der Waals surface area contributed by atoms with E-state index in [9.17, 15) is 4.39 Å². The van der Waals surface area contributed by atoms with Crippen molar-refractivity contribution in [3.05, 3.63) is 41.6 Å². The molecule has 2 rings (SSSR count). The summed E-state index contributed by atoms with van der Waals surface area (Å²) in [4.78, 5) is 7.39. The van der Waals surface area contributed by atoms with Gasteiger partial charge in [0.05, 0.1) is 5.02 Å². The van der Waals surface area contributed by atoms with Gasteiger partial charge in [-0.1, -0.05) is 11.6 Å². The predicted octanol–water partition coefficient (Wildman–Crippen LogP) is 2.52. The first-order valence-electron chi connectivity index (χ1n) is 4.20. The van der Waals surface area contributed by atoms with Crippen LogP contribution in [0.2, 0.25) is 5.02 Å². The molecule has 0 radical (unpaired) electrons. The van der Waals surface area contributed by atoms with Gasteiger partial charge in [-0.05, 0) is 18.2 Å². The minimum Gasteiger partial charge on any atom is -0.382 e. The fourth-order valence-electron chi connectivity index (χ4n) is 1.20. The molecule has 0 spiro atoms. The van der Waals surface area contributed by atoms with Crippen molar-refractivity contribution in [2.45, 2.75) is 0 Å². The van der Waals surface area contributed by atoms with E-state index in [1.54, 1.807) is 18.2 Å². The molecule has 0 saturated heterocycles. The zero-order chi connectivity index (χ0) is 10.8. The number of nitrogen functional groups attached to an aromatic ring is 1. The summed E-state index contributed by atoms with van der Waals surface area (Å²) in [6, 6.07) is 4.80. The van der Waals surface area contributed by atoms with Crippen molar-refractivity contribution in [3.8, 4) is 11.1 Å². The van der Waals surface area contributed by atoms with Crippen LogP contribution in [0.15, 0.2) is 30.6 Å². The summed E-state index contributed by atoms with van der Waals surface area (Å²) in [6.45, 7) is 0. The Hall–Kier alpha value is -1.68. The van der Waals surface area contributed by atoms with E-state index >= 15 is 0 Å². The topological polar surface area (TPSA) is 51.8 Å². The molecule has 0 amide bonds. The van der Waals surface area contributed by atoms with E-state index in [1.165, 1.54) is 12.4 Å². The number of anilines is 1. The van der Waals surface area contributed by atoms with E-state index in [0.29, 0.717) is 16.1 Å². The molecule has 0 aliphatic rings. The minimum absolute atomic E-state index is 0.227. The molecule has 2 aromatic rings. The second-order valence-electron chi connectivity index (χ2n) is 2.93. The van der Waals surface area contributed by atoms with Crippen molar-refractivity contribution in [1.82, 2.24) is 9.97 Å². The summed E-state index contributed by atoms with van der Waals surface area (Å²) >= 11 is 5.79. The third-order valence-electron chi connectivity index (χ3n) is 1.94. The molecule has 5 heteroatoms. The zero-order valence-corrected chi connectivity index (χ0v) is 8.37. The Kier molecular flexibility index (Phi) is 2.51. The Morgan fingerprint density at radius 2 is 2.13 bits per heavy atom. The molecule has 15 heavy (non-hydrogen) atoms. The van der Waals surface area contributed by atoms with Crippen LogP contribution in [0.1, 0.15) is 0 Å². The quantitative estimate of drug-likeness (QED) is 0.756. The number of pyridine rings is 2. The summed E-state index contributed by atoms with van der Waals surface area (Å²) in [5, 5.41) is 0.302. The van der Waals surface area contributed by atoms with E-state index < -0.39 is 5.95 Å². The van der Waals surface area contributed by atoms with Crippen LogP contribution in [-0.2, 0) is 0 Å². The maximum Gasteiger partial charge on any atom is 0.220 e. The van der Waals surface area contributed by atoms with Crippen LogP contribution < -0.4 is 5.73 Å². The van der Waals surface area contributed by atoms with Crippen LogP contribution in [-0.4, -0.2) is 9.97 Å². The molecular weight excluding hydrogens is 217 g/mol. The lowest BCUT2D eigenvalue weighted by molar-refractivity contribution is 0.587. The van der Waals surface area contributed by atoms with Gasteiger partial charge in [-0.15, -0.1) is 0 Å². The molecule has 2 aromatic heterocycles. The highest BCUT2D eigenvalue weighted by Crippen LogP contribution is 2.25. The average Bonchev–Trinajstić information content (AvgIpc) is 2.23. The number of hydrogen-bond donors (Lipinski definition) is 1. The lowest BCUT2D eigenvalue weighted by Gasteiger charge is -2.03. The van der Waals surface area contributed by atoms with Gasteiger partial charge in [-0.2, -0.15) is 4.39 Å². The van der Waals surface area contributed by atoms with E-state index in [-0.39, 0.29) is 5.82 Å². The molecular formula is C10H7ClFN3. The number of rotatable bonds is 1. The monoisotopic (exact) mass is 223 g/mol. The molecule has 2 N–H and O–H groups in total. The van der Waals surface area contributed by atoms with Crippen LogP contribution in [0.4, 0.5) is 10.2 Å². The number of hydrogen-bond acceptors (Lipinski definition) is 3. The molecule has 3 nitrogen and oxygen atoms in total. The highest BCUT2D eigenvalue weighted by molar-refractivity contribution is 6.33. The van der Waals surface area contributed by atoms with Gasteiger partial charge >= 0.3 is 0 Å². The first kappa shape index (κ1) is 9.86. The minimum atomic E-state index is -0.555. The van der Waals surface area contributed by atoms with Gasteiger partial charge in [-0.25, -0.2) is 9.97 Å². The number of aromatic nitrogens is 2. The van der Waals surface area contributed by atoms with Crippen molar-refractivity contribution < 1.29 is 4.39 Å². The van der Waals surface area contributed by atoms with Crippen molar-refractivity contribution in [2.24, 2.45) is 0 Å². The summed E-state index contributed by atoms with van der Waals surface area (Å²) in [7, 11) is 0. The summed E-state index contributed by atoms with van der Waals surface area (Å²) in [5.41, 5.74) is 6.36. The Labute approximate surface area is 90.7 Å². The second kappa shape index (κ2) is 3.82. The molecule has 0 aliphatic carbocycles. The van der Waals surface area contributed by atoms with E-state index in [2.05, 4.69) is 9.97 Å². The largest absolute Gasteiger partial charge is 0.382 e. The third-order valence-corrected chi connectivity index (χ3v) is 2.24. The fraction of sp³-hybridized carbons (Fsp3) is 0. The SMILES string of the molecule is Nc1ncc(-c2cccnc2F)cc1Cl. The maximum absolute atomic E-state index is 13.3. The lowest BCUT2D eigenvalue weighted by atomic mass is 10.1. The zero-order valence-electron chi connectivity index (χ0n) is 7.61. The predicted molar refractivity (Wildman–Crippen MR) is 56.8 cm³/mol. The summed E-state index contributed by atoms with van der Waals surface area (Å²) < 4.78 is 13.3. The number of halogens is 2. The molecule has 0 aromatic carbocycles. The van der Waals surface area contributed by atoms with E-state index in [4.69, 9.17) is 17.3 Å². The van der Waals surface area contributed by atoms with Gasteiger partial charge in [0.15, 0.2) is 0 Å². The normalized spacial score (nSPS) is 10.3. The first-order chi connectivity index (χ1) is 7.18. The second-order valence-corrected chi connectivity index (χ2v) is 3.34. The van der Waals surface area contributed by atoms with Gasteiger partial charge in [0.2, 0.25) is 5.95 Å². The van der Waals surface area contributed by atoms with E-state index in [0.717, 1.165) is 0 Å². The van der Waals surface area contributed by atoms with Gasteiger partial charge in [-0.3, -0.25) is 0 Å². The van der Waals surface area contributed by atoms with Crippen molar-refractivity contribution in [3.63, 3.8) is 0 Å². The van der Waals surface area contributed by atoms with Gasteiger partial charge in [0.25, 0.3) is 0 Å². The standard InChI is InChI=1S/C10H7ClFN3/c11-8-4-6(5-15-10(8)13)7-2-1-3-14-9(7)12/h1-5H,(H2,13,15). The number of nitrogens with zero attached hydrogens (tertiary/aromatic N) is 2. The Bertz CT molecular complexity index is 502. The molecule has 2 heterocycles. The maximum atomic E-state index is 13.3. The molecule has 76 valence electrons. The third kappa shape index (κ3) is 1.89. The molecule has 0 saturated carbocycles. The van der Waals surface area contributed by atoms with Crippen molar-refractivity contribution >= 4 is 17.4 Å². The Morgan fingerprint density at radius 1 is 1.33 bits per heavy atom. The summed E-state index contributed by atoms with van der Waals surface area (Å²) in [6.07, 6.45) is 2.84. The van der Waals surface area contributed by atoms with Crippen LogP contribution in [0.3, 0.4) is 0 Å². The first-order valence-corrected chi connectivity index (χ1v) is 4.58. The summed E-state index contributed by atoms with van der Waals surface area (Å²) in [5.74, 6) is -0.329. The number of nitrogens with two attached hydrogens (primary N) is 1. The van der Waals surface area contributed by atoms with E-state index in [1.807, 2.05) is 0 Å². The van der Waals surface area contributed by atoms with Crippen molar-refractivity contribution in [1.29, 1.82) is 0 Å². The van der Waals surface area contributed by atoms with Crippen LogP contribution in [0.5, 0.6) is 0 Å². The highest BCUT2D eigenvalue weighted by Gasteiger charge is 2.07. The van der Waals surface area contributed by atoms with Gasteiger partial charge in [0.1, 0.15) is 5.82 Å². The molecule has 0 fully saturated rings. The van der Waals surface area contributed by atoms with Crippen LogP contribution in [0.25, 0.3) is 11.1 Å². The molecule has 0 unspecified atom stereocenters. The average molecular weight is 224 g/mol. The highest BCUT2D eigenvalue weighted by atomic mass is 35.5.